The number of carboxylic acid groups (broad SMARTS) is 1. The zero-order valence-electron chi connectivity index (χ0n) is 11.9. The van der Waals surface area contributed by atoms with Crippen LogP contribution in [0.2, 0.25) is 5.02 Å². The predicted molar refractivity (Wildman–Crippen MR) is 83.3 cm³/mol. The first-order chi connectivity index (χ1) is 10.0. The van der Waals surface area contributed by atoms with Gasteiger partial charge in [-0.15, -0.1) is 0 Å². The van der Waals surface area contributed by atoms with Crippen LogP contribution in [0, 0.1) is 0 Å². The van der Waals surface area contributed by atoms with Crippen molar-refractivity contribution in [3.05, 3.63) is 40.4 Å². The maximum Gasteiger partial charge on any atom is 0.331 e. The number of carboxylic acids is 1. The second kappa shape index (κ2) is 6.06. The number of carbonyl (C=O) groups is 1. The van der Waals surface area contributed by atoms with Crippen LogP contribution in [0.1, 0.15) is 12.5 Å². The minimum atomic E-state index is -1.01. The van der Waals surface area contributed by atoms with Gasteiger partial charge in [-0.2, -0.15) is 0 Å². The van der Waals surface area contributed by atoms with Crippen molar-refractivity contribution in [2.75, 3.05) is 14.2 Å². The summed E-state index contributed by atoms with van der Waals surface area (Å²) in [5.41, 5.74) is 0.655. The van der Waals surface area contributed by atoms with E-state index in [4.69, 9.17) is 26.2 Å². The normalized spacial score (nSPS) is 11.5. The lowest BCUT2D eigenvalue weighted by molar-refractivity contribution is -0.132. The van der Waals surface area contributed by atoms with Gasteiger partial charge in [0.05, 0.1) is 19.2 Å². The van der Waals surface area contributed by atoms with Crippen molar-refractivity contribution in [2.45, 2.75) is 6.92 Å². The average molecular weight is 307 g/mol. The highest BCUT2D eigenvalue weighted by atomic mass is 35.5. The number of methoxy groups -OCH3 is 2. The second-order valence-corrected chi connectivity index (χ2v) is 4.85. The lowest BCUT2D eigenvalue weighted by atomic mass is 10.0. The number of benzene rings is 2. The molecule has 0 bridgehead atoms. The third kappa shape index (κ3) is 2.67. The highest BCUT2D eigenvalue weighted by Crippen LogP contribution is 2.44. The van der Waals surface area contributed by atoms with Gasteiger partial charge in [0, 0.05) is 21.9 Å². The van der Waals surface area contributed by atoms with Crippen LogP contribution in [-0.4, -0.2) is 25.3 Å². The molecule has 0 unspecified atom stereocenters. The SMILES string of the molecule is COc1c(Cl)c(C=C(C)C(=O)O)c(OC)c2ccccc12. The Balaban J connectivity index is 2.90. The second-order valence-electron chi connectivity index (χ2n) is 4.47. The smallest absolute Gasteiger partial charge is 0.331 e. The molecule has 21 heavy (non-hydrogen) atoms. The maximum atomic E-state index is 11.0. The van der Waals surface area contributed by atoms with Crippen LogP contribution in [0.15, 0.2) is 29.8 Å². The first-order valence-corrected chi connectivity index (χ1v) is 6.62. The highest BCUT2D eigenvalue weighted by Gasteiger charge is 2.19. The molecule has 1 N–H and O–H groups in total. The Labute approximate surface area is 127 Å². The maximum absolute atomic E-state index is 11.0. The fourth-order valence-electron chi connectivity index (χ4n) is 2.19. The van der Waals surface area contributed by atoms with E-state index in [0.717, 1.165) is 10.8 Å². The molecule has 0 aliphatic heterocycles. The molecule has 0 spiro atoms. The van der Waals surface area contributed by atoms with Gasteiger partial charge >= 0.3 is 5.97 Å². The van der Waals surface area contributed by atoms with Crippen LogP contribution in [0.25, 0.3) is 16.8 Å². The van der Waals surface area contributed by atoms with Gasteiger partial charge in [-0.25, -0.2) is 4.79 Å². The van der Waals surface area contributed by atoms with E-state index in [2.05, 4.69) is 0 Å². The minimum Gasteiger partial charge on any atom is -0.495 e. The molecule has 110 valence electrons. The molecular formula is C16H15ClO4. The largest absolute Gasteiger partial charge is 0.495 e. The minimum absolute atomic E-state index is 0.160. The Hall–Kier alpha value is -2.20. The summed E-state index contributed by atoms with van der Waals surface area (Å²) in [6, 6.07) is 7.49. The van der Waals surface area contributed by atoms with Gasteiger partial charge in [-0.1, -0.05) is 35.9 Å². The number of ether oxygens (including phenoxy) is 2. The van der Waals surface area contributed by atoms with Crippen molar-refractivity contribution in [3.63, 3.8) is 0 Å². The van der Waals surface area contributed by atoms with Gasteiger partial charge in [0.15, 0.2) is 0 Å². The van der Waals surface area contributed by atoms with Crippen LogP contribution >= 0.6 is 11.6 Å². The topological polar surface area (TPSA) is 55.8 Å². The van der Waals surface area contributed by atoms with Crippen molar-refractivity contribution < 1.29 is 19.4 Å². The molecule has 0 amide bonds. The Morgan fingerprint density at radius 2 is 1.67 bits per heavy atom. The molecule has 0 saturated heterocycles. The summed E-state index contributed by atoms with van der Waals surface area (Å²) in [4.78, 5) is 11.0. The lowest BCUT2D eigenvalue weighted by Crippen LogP contribution is -1.99. The van der Waals surface area contributed by atoms with Crippen molar-refractivity contribution in [1.82, 2.24) is 0 Å². The number of rotatable bonds is 4. The van der Waals surface area contributed by atoms with E-state index in [0.29, 0.717) is 22.1 Å². The van der Waals surface area contributed by atoms with Crippen LogP contribution < -0.4 is 9.47 Å². The van der Waals surface area contributed by atoms with Crippen molar-refractivity contribution in [1.29, 1.82) is 0 Å². The Morgan fingerprint density at radius 1 is 1.14 bits per heavy atom. The van der Waals surface area contributed by atoms with Gasteiger partial charge in [0.2, 0.25) is 0 Å². The predicted octanol–water partition coefficient (Wildman–Crippen LogP) is 4.00. The van der Waals surface area contributed by atoms with Crippen molar-refractivity contribution in [2.24, 2.45) is 0 Å². The standard InChI is InChI=1S/C16H15ClO4/c1-9(16(18)19)8-12-13(17)15(21-3)11-7-5-4-6-10(11)14(12)20-2/h4-8H,1-3H3,(H,18,19). The number of hydrogen-bond donors (Lipinski definition) is 1. The van der Waals surface area contributed by atoms with Crippen molar-refractivity contribution in [3.8, 4) is 11.5 Å². The van der Waals surface area contributed by atoms with E-state index in [9.17, 15) is 4.79 Å². The Kier molecular flexibility index (Phi) is 4.38. The summed E-state index contributed by atoms with van der Waals surface area (Å²) in [6.07, 6.45) is 1.48. The molecule has 2 aromatic carbocycles. The van der Waals surface area contributed by atoms with Crippen LogP contribution in [0.4, 0.5) is 0 Å². The van der Waals surface area contributed by atoms with E-state index in [-0.39, 0.29) is 5.57 Å². The molecule has 0 atom stereocenters. The molecule has 0 aromatic heterocycles. The highest BCUT2D eigenvalue weighted by molar-refractivity contribution is 6.35. The summed E-state index contributed by atoms with van der Waals surface area (Å²) in [5, 5.41) is 11.0. The third-order valence-electron chi connectivity index (χ3n) is 3.20. The summed E-state index contributed by atoms with van der Waals surface area (Å²) in [5.74, 6) is 0.00903. The molecule has 0 radical (unpaired) electrons. The summed E-state index contributed by atoms with van der Waals surface area (Å²) < 4.78 is 10.8. The van der Waals surface area contributed by atoms with E-state index in [1.807, 2.05) is 24.3 Å². The quantitative estimate of drug-likeness (QED) is 0.868. The first kappa shape index (κ1) is 15.2. The van der Waals surface area contributed by atoms with E-state index < -0.39 is 5.97 Å². The van der Waals surface area contributed by atoms with E-state index in [1.54, 1.807) is 0 Å². The summed E-state index contributed by atoms with van der Waals surface area (Å²) in [7, 11) is 3.05. The molecule has 4 nitrogen and oxygen atoms in total. The molecule has 2 rings (SSSR count). The number of hydrogen-bond acceptors (Lipinski definition) is 3. The molecule has 0 heterocycles. The zero-order chi connectivity index (χ0) is 15.6. The molecule has 0 saturated carbocycles. The molecule has 0 fully saturated rings. The van der Waals surface area contributed by atoms with Crippen molar-refractivity contribution >= 4 is 34.4 Å². The fourth-order valence-corrected chi connectivity index (χ4v) is 2.51. The van der Waals surface area contributed by atoms with Gasteiger partial charge in [0.25, 0.3) is 0 Å². The van der Waals surface area contributed by atoms with Gasteiger partial charge < -0.3 is 14.6 Å². The number of halogens is 1. The zero-order valence-corrected chi connectivity index (χ0v) is 12.7. The van der Waals surface area contributed by atoms with Gasteiger partial charge in [-0.3, -0.25) is 0 Å². The Morgan fingerprint density at radius 3 is 2.14 bits per heavy atom. The fraction of sp³-hybridized carbons (Fsp3) is 0.188. The van der Waals surface area contributed by atoms with Gasteiger partial charge in [0.1, 0.15) is 11.5 Å². The number of fused-ring (bicyclic) bond motifs is 1. The summed E-state index contributed by atoms with van der Waals surface area (Å²) in [6.45, 7) is 1.50. The monoisotopic (exact) mass is 306 g/mol. The molecular weight excluding hydrogens is 292 g/mol. The molecule has 0 aliphatic rings. The average Bonchev–Trinajstić information content (AvgIpc) is 2.48. The lowest BCUT2D eigenvalue weighted by Gasteiger charge is -2.16. The van der Waals surface area contributed by atoms with Gasteiger partial charge in [-0.05, 0) is 13.0 Å². The summed E-state index contributed by atoms with van der Waals surface area (Å²) >= 11 is 6.38. The first-order valence-electron chi connectivity index (χ1n) is 6.25. The molecule has 5 heteroatoms. The Bertz CT molecular complexity index is 735. The third-order valence-corrected chi connectivity index (χ3v) is 3.58. The van der Waals surface area contributed by atoms with E-state index >= 15 is 0 Å². The van der Waals surface area contributed by atoms with E-state index in [1.165, 1.54) is 27.2 Å². The number of aliphatic carboxylic acids is 1. The molecule has 2 aromatic rings. The molecule has 0 aliphatic carbocycles. The van der Waals surface area contributed by atoms with Crippen LogP contribution in [0.3, 0.4) is 0 Å². The van der Waals surface area contributed by atoms with Crippen LogP contribution in [0.5, 0.6) is 11.5 Å². The van der Waals surface area contributed by atoms with Crippen LogP contribution in [-0.2, 0) is 4.79 Å².